The van der Waals surface area contributed by atoms with Crippen LogP contribution in [0.2, 0.25) is 0 Å². The number of carboxylic acids is 1. The van der Waals surface area contributed by atoms with Gasteiger partial charge < -0.3 is 15.2 Å². The van der Waals surface area contributed by atoms with Crippen LogP contribution in [0.5, 0.6) is 0 Å². The fourth-order valence-electron chi connectivity index (χ4n) is 1.74. The minimum Gasteiger partial charge on any atom is -0.478 e. The maximum absolute atomic E-state index is 11.8. The van der Waals surface area contributed by atoms with Crippen molar-refractivity contribution in [2.45, 2.75) is 40.2 Å². The van der Waals surface area contributed by atoms with Crippen LogP contribution in [0.15, 0.2) is 12.1 Å². The van der Waals surface area contributed by atoms with E-state index >= 15 is 0 Å². The number of aromatic carboxylic acids is 1. The van der Waals surface area contributed by atoms with Crippen molar-refractivity contribution in [3.05, 3.63) is 28.8 Å². The summed E-state index contributed by atoms with van der Waals surface area (Å²) in [6, 6.07) is 3.22. The fraction of sp³-hybridized carbons (Fsp3) is 0.467. The molecule has 20 heavy (non-hydrogen) atoms. The van der Waals surface area contributed by atoms with Crippen molar-refractivity contribution < 1.29 is 19.4 Å². The molecule has 2 N–H and O–H groups in total. The van der Waals surface area contributed by atoms with Gasteiger partial charge in [0.1, 0.15) is 6.61 Å². The minimum absolute atomic E-state index is 0.0226. The monoisotopic (exact) mass is 279 g/mol. The van der Waals surface area contributed by atoms with E-state index in [-0.39, 0.29) is 24.2 Å². The molecule has 110 valence electrons. The summed E-state index contributed by atoms with van der Waals surface area (Å²) < 4.78 is 5.34. The number of carbonyl (C=O) groups excluding carboxylic acids is 1. The summed E-state index contributed by atoms with van der Waals surface area (Å²) >= 11 is 0. The zero-order valence-corrected chi connectivity index (χ0v) is 12.3. The lowest BCUT2D eigenvalue weighted by atomic mass is 10.0. The summed E-state index contributed by atoms with van der Waals surface area (Å²) in [6.07, 6.45) is 0.856. The standard InChI is InChI=1S/C15H21NO4/c1-5-11(4)20-8-14(17)16-13-7-12(15(18)19)9(2)6-10(13)3/h6-7,11H,5,8H2,1-4H3,(H,16,17)(H,18,19). The normalized spacial score (nSPS) is 12.0. The third kappa shape index (κ3) is 4.35. The SMILES string of the molecule is CCC(C)OCC(=O)Nc1cc(C(=O)O)c(C)cc1C. The van der Waals surface area contributed by atoms with Crippen molar-refractivity contribution in [1.29, 1.82) is 0 Å². The van der Waals surface area contributed by atoms with Gasteiger partial charge in [-0.25, -0.2) is 4.79 Å². The number of benzene rings is 1. The molecule has 0 bridgehead atoms. The first kappa shape index (κ1) is 16.2. The van der Waals surface area contributed by atoms with Crippen LogP contribution in [0.3, 0.4) is 0 Å². The first-order valence-electron chi connectivity index (χ1n) is 6.61. The number of carboxylic acid groups (broad SMARTS) is 1. The number of nitrogens with one attached hydrogen (secondary N) is 1. The Morgan fingerprint density at radius 3 is 2.50 bits per heavy atom. The van der Waals surface area contributed by atoms with Crippen LogP contribution in [-0.4, -0.2) is 29.7 Å². The van der Waals surface area contributed by atoms with Gasteiger partial charge in [0.25, 0.3) is 0 Å². The molecular weight excluding hydrogens is 258 g/mol. The Labute approximate surface area is 118 Å². The molecular formula is C15H21NO4. The molecule has 0 aromatic heterocycles. The van der Waals surface area contributed by atoms with E-state index in [2.05, 4.69) is 5.32 Å². The van der Waals surface area contributed by atoms with E-state index in [1.165, 1.54) is 6.07 Å². The molecule has 0 heterocycles. The molecule has 1 aromatic rings. The van der Waals surface area contributed by atoms with E-state index in [1.807, 2.05) is 20.8 Å². The molecule has 1 unspecified atom stereocenters. The summed E-state index contributed by atoms with van der Waals surface area (Å²) in [4.78, 5) is 22.9. The molecule has 0 aliphatic rings. The van der Waals surface area contributed by atoms with Crippen molar-refractivity contribution in [2.75, 3.05) is 11.9 Å². The van der Waals surface area contributed by atoms with E-state index in [4.69, 9.17) is 9.84 Å². The molecule has 0 fully saturated rings. The number of rotatable bonds is 6. The highest BCUT2D eigenvalue weighted by Gasteiger charge is 2.13. The molecule has 0 radical (unpaired) electrons. The van der Waals surface area contributed by atoms with Crippen molar-refractivity contribution in [2.24, 2.45) is 0 Å². The number of hydrogen-bond acceptors (Lipinski definition) is 3. The first-order chi connectivity index (χ1) is 9.35. The second kappa shape index (κ2) is 7.05. The molecule has 1 rings (SSSR count). The Kier molecular flexibility index (Phi) is 5.70. The number of carbonyl (C=O) groups is 2. The molecule has 0 aliphatic carbocycles. The average molecular weight is 279 g/mol. The van der Waals surface area contributed by atoms with E-state index in [0.717, 1.165) is 12.0 Å². The van der Waals surface area contributed by atoms with Crippen molar-refractivity contribution >= 4 is 17.6 Å². The third-order valence-electron chi connectivity index (χ3n) is 3.15. The molecule has 0 saturated heterocycles. The summed E-state index contributed by atoms with van der Waals surface area (Å²) in [7, 11) is 0. The number of hydrogen-bond donors (Lipinski definition) is 2. The molecule has 5 nitrogen and oxygen atoms in total. The Morgan fingerprint density at radius 1 is 1.30 bits per heavy atom. The molecule has 5 heteroatoms. The lowest BCUT2D eigenvalue weighted by molar-refractivity contribution is -0.122. The summed E-state index contributed by atoms with van der Waals surface area (Å²) in [5.74, 6) is -1.29. The molecule has 0 saturated carbocycles. The van der Waals surface area contributed by atoms with Crippen molar-refractivity contribution in [3.63, 3.8) is 0 Å². The average Bonchev–Trinajstić information content (AvgIpc) is 2.38. The topological polar surface area (TPSA) is 75.6 Å². The van der Waals surface area contributed by atoms with Crippen molar-refractivity contribution in [3.8, 4) is 0 Å². The summed E-state index contributed by atoms with van der Waals surface area (Å²) in [6.45, 7) is 7.39. The van der Waals surface area contributed by atoms with Gasteiger partial charge in [-0.05, 0) is 44.4 Å². The van der Waals surface area contributed by atoms with Crippen LogP contribution < -0.4 is 5.32 Å². The molecule has 1 amide bonds. The highest BCUT2D eigenvalue weighted by molar-refractivity contribution is 5.96. The predicted molar refractivity (Wildman–Crippen MR) is 77.2 cm³/mol. The van der Waals surface area contributed by atoms with Crippen LogP contribution in [0, 0.1) is 13.8 Å². The highest BCUT2D eigenvalue weighted by atomic mass is 16.5. The number of ether oxygens (including phenoxy) is 1. The largest absolute Gasteiger partial charge is 0.478 e. The van der Waals surface area contributed by atoms with Gasteiger partial charge in [-0.1, -0.05) is 13.0 Å². The molecule has 0 aliphatic heterocycles. The Morgan fingerprint density at radius 2 is 1.95 bits per heavy atom. The maximum atomic E-state index is 11.8. The smallest absolute Gasteiger partial charge is 0.336 e. The zero-order chi connectivity index (χ0) is 15.3. The lowest BCUT2D eigenvalue weighted by Gasteiger charge is -2.13. The Bertz CT molecular complexity index is 511. The van der Waals surface area contributed by atoms with Gasteiger partial charge in [-0.15, -0.1) is 0 Å². The number of aryl methyl sites for hydroxylation is 2. The van der Waals surface area contributed by atoms with Gasteiger partial charge in [0.15, 0.2) is 0 Å². The van der Waals surface area contributed by atoms with Gasteiger partial charge in [0.05, 0.1) is 11.7 Å². The third-order valence-corrected chi connectivity index (χ3v) is 3.15. The molecule has 1 atom stereocenters. The van der Waals surface area contributed by atoms with Crippen LogP contribution in [0.1, 0.15) is 41.8 Å². The molecule has 0 spiro atoms. The van der Waals surface area contributed by atoms with E-state index in [9.17, 15) is 9.59 Å². The van der Waals surface area contributed by atoms with Crippen molar-refractivity contribution in [1.82, 2.24) is 0 Å². The quantitative estimate of drug-likeness (QED) is 0.839. The summed E-state index contributed by atoms with van der Waals surface area (Å²) in [5.41, 5.74) is 2.19. The number of anilines is 1. The van der Waals surface area contributed by atoms with E-state index in [0.29, 0.717) is 11.3 Å². The van der Waals surface area contributed by atoms with Gasteiger partial charge in [0.2, 0.25) is 5.91 Å². The van der Waals surface area contributed by atoms with Crippen LogP contribution >= 0.6 is 0 Å². The summed E-state index contributed by atoms with van der Waals surface area (Å²) in [5, 5.41) is 11.8. The lowest BCUT2D eigenvalue weighted by Crippen LogP contribution is -2.22. The second-order valence-electron chi connectivity index (χ2n) is 4.87. The highest BCUT2D eigenvalue weighted by Crippen LogP contribution is 2.20. The molecule has 1 aromatic carbocycles. The van der Waals surface area contributed by atoms with Gasteiger partial charge >= 0.3 is 5.97 Å². The first-order valence-corrected chi connectivity index (χ1v) is 6.61. The number of amides is 1. The van der Waals surface area contributed by atoms with Gasteiger partial charge in [-0.2, -0.15) is 0 Å². The van der Waals surface area contributed by atoms with Crippen LogP contribution in [-0.2, 0) is 9.53 Å². The Balaban J connectivity index is 2.79. The van der Waals surface area contributed by atoms with Gasteiger partial charge in [0, 0.05) is 5.69 Å². The predicted octanol–water partition coefficient (Wildman–Crippen LogP) is 2.76. The van der Waals surface area contributed by atoms with Crippen LogP contribution in [0.25, 0.3) is 0 Å². The van der Waals surface area contributed by atoms with Crippen LogP contribution in [0.4, 0.5) is 5.69 Å². The Hall–Kier alpha value is -1.88. The van der Waals surface area contributed by atoms with Gasteiger partial charge in [-0.3, -0.25) is 4.79 Å². The zero-order valence-electron chi connectivity index (χ0n) is 12.3. The van der Waals surface area contributed by atoms with E-state index in [1.54, 1.807) is 13.0 Å². The fourth-order valence-corrected chi connectivity index (χ4v) is 1.74. The van der Waals surface area contributed by atoms with E-state index < -0.39 is 5.97 Å². The minimum atomic E-state index is -1.01. The maximum Gasteiger partial charge on any atom is 0.336 e. The second-order valence-corrected chi connectivity index (χ2v) is 4.87.